The number of benzene rings is 2. The number of halogens is 2. The fraction of sp³-hybridized carbons (Fsp3) is 0.548. The average Bonchev–Trinajstić information content (AvgIpc) is 4.17. The maximum absolute atomic E-state index is 13.0. The van der Waals surface area contributed by atoms with Crippen molar-refractivity contribution in [2.24, 2.45) is 0 Å². The number of pyridine rings is 1. The number of para-hydroxylation sites is 1. The van der Waals surface area contributed by atoms with E-state index in [9.17, 15) is 30.0 Å². The summed E-state index contributed by atoms with van der Waals surface area (Å²) >= 11 is 13.5. The van der Waals surface area contributed by atoms with E-state index in [0.29, 0.717) is 61.8 Å². The van der Waals surface area contributed by atoms with Crippen LogP contribution in [0.15, 0.2) is 54.9 Å². The smallest absolute Gasteiger partial charge is 0.317 e. The zero-order valence-corrected chi connectivity index (χ0v) is 33.7. The van der Waals surface area contributed by atoms with Crippen LogP contribution in [-0.2, 0) is 28.2 Å². The van der Waals surface area contributed by atoms with Gasteiger partial charge < -0.3 is 50.1 Å². The normalized spacial score (nSPS) is 18.7. The van der Waals surface area contributed by atoms with Gasteiger partial charge in [0.2, 0.25) is 5.91 Å². The Balaban J connectivity index is 0.923. The number of carbonyl (C=O) groups is 2. The minimum absolute atomic E-state index is 0.0546. The zero-order chi connectivity index (χ0) is 40.7. The second kappa shape index (κ2) is 19.5. The Morgan fingerprint density at radius 2 is 1.63 bits per heavy atom. The van der Waals surface area contributed by atoms with Gasteiger partial charge in [-0.2, -0.15) is 0 Å². The highest BCUT2D eigenvalue weighted by Crippen LogP contribution is 2.53. The lowest BCUT2D eigenvalue weighted by Crippen LogP contribution is -2.53. The molecule has 6 rings (SSSR count). The predicted molar refractivity (Wildman–Crippen MR) is 215 cm³/mol. The lowest BCUT2D eigenvalue weighted by Gasteiger charge is -2.34. The van der Waals surface area contributed by atoms with E-state index in [4.69, 9.17) is 37.8 Å². The number of nitrogens with one attached hydrogen (secondary N) is 1. The number of hydrogen-bond acceptors (Lipinski definition) is 10. The number of ether oxygens (including phenoxy) is 2. The second-order valence-electron chi connectivity index (χ2n) is 15.5. The molecule has 1 aromatic heterocycles. The lowest BCUT2D eigenvalue weighted by molar-refractivity contribution is -0.132. The first-order chi connectivity index (χ1) is 27.4. The van der Waals surface area contributed by atoms with Gasteiger partial charge in [-0.25, -0.2) is 4.79 Å². The van der Waals surface area contributed by atoms with Crippen LogP contribution in [-0.4, -0.2) is 122 Å². The highest BCUT2D eigenvalue weighted by atomic mass is 35.5. The van der Waals surface area contributed by atoms with E-state index in [1.54, 1.807) is 11.1 Å². The number of piperidine rings is 1. The molecule has 6 N–H and O–H groups in total. The number of amides is 3. The topological polar surface area (TPSA) is 185 Å². The summed E-state index contributed by atoms with van der Waals surface area (Å²) in [6.07, 6.45) is 4.84. The average molecular weight is 830 g/mol. The number of likely N-dealkylation sites (N-methyl/N-ethyl adjacent to an activating group) is 1. The van der Waals surface area contributed by atoms with Gasteiger partial charge in [-0.3, -0.25) is 9.78 Å². The van der Waals surface area contributed by atoms with Crippen LogP contribution >= 0.6 is 23.2 Å². The van der Waals surface area contributed by atoms with E-state index in [-0.39, 0.29) is 24.6 Å². The molecule has 0 unspecified atom stereocenters. The van der Waals surface area contributed by atoms with Crippen molar-refractivity contribution in [3.05, 3.63) is 81.6 Å². The van der Waals surface area contributed by atoms with E-state index in [1.807, 2.05) is 42.6 Å². The van der Waals surface area contributed by atoms with E-state index in [0.717, 1.165) is 65.7 Å². The van der Waals surface area contributed by atoms with Crippen molar-refractivity contribution in [2.75, 3.05) is 33.3 Å². The third-order valence-corrected chi connectivity index (χ3v) is 11.8. The largest absolute Gasteiger partial charge is 0.490 e. The molecule has 4 atom stereocenters. The molecule has 15 heteroatoms. The van der Waals surface area contributed by atoms with Crippen LogP contribution < -0.4 is 10.1 Å². The molecule has 1 saturated heterocycles. The van der Waals surface area contributed by atoms with Gasteiger partial charge in [-0.1, -0.05) is 41.4 Å². The van der Waals surface area contributed by atoms with Crippen molar-refractivity contribution in [3.63, 3.8) is 0 Å². The molecule has 3 aliphatic rings. The summed E-state index contributed by atoms with van der Waals surface area (Å²) < 4.78 is 12.9. The van der Waals surface area contributed by atoms with Crippen LogP contribution in [0.3, 0.4) is 0 Å². The molecule has 0 bridgehead atoms. The summed E-state index contributed by atoms with van der Waals surface area (Å²) in [6, 6.07) is 13.3. The van der Waals surface area contributed by atoms with Crippen LogP contribution in [0, 0.1) is 0 Å². The Labute approximate surface area is 343 Å². The standard InChI is InChI=1S/C42H54Cl2N4O9/c1-47(23-35(50)39(53)40(54)36(51)24-49)41(55)46-28-13-18-48(19-14-28)38(52)9-5-2-6-26-20-34(44)27(21-33(26)43)25-56-42(15-16-42)32-22-45-17-12-30(32)31-7-3-4-8-37(31)57-29-10-11-29/h3-4,7-8,12,17,20-22,28-29,35-36,39-40,49-51,53-54H,2,5-6,9-11,13-16,18-19,23-25H2,1H3,(H,46,55)/t35-,36+,39+,40+/m1/s1. The molecule has 2 saturated carbocycles. The maximum Gasteiger partial charge on any atom is 0.317 e. The number of unbranched alkanes of at least 4 members (excludes halogenated alkanes) is 1. The highest BCUT2D eigenvalue weighted by molar-refractivity contribution is 6.34. The summed E-state index contributed by atoms with van der Waals surface area (Å²) in [6.45, 7) is 0.196. The number of likely N-dealkylation sites (tertiary alicyclic amines) is 1. The third kappa shape index (κ3) is 11.2. The fourth-order valence-electron chi connectivity index (χ4n) is 7.24. The summed E-state index contributed by atoms with van der Waals surface area (Å²) in [4.78, 5) is 33.1. The van der Waals surface area contributed by atoms with Gasteiger partial charge in [0.15, 0.2) is 0 Å². The molecule has 3 fully saturated rings. The minimum Gasteiger partial charge on any atom is -0.490 e. The second-order valence-corrected chi connectivity index (χ2v) is 16.4. The van der Waals surface area contributed by atoms with Crippen molar-refractivity contribution < 1.29 is 44.6 Å². The number of aryl methyl sites for hydroxylation is 1. The van der Waals surface area contributed by atoms with Gasteiger partial charge in [-0.15, -0.1) is 0 Å². The van der Waals surface area contributed by atoms with Crippen molar-refractivity contribution in [2.45, 2.75) is 113 Å². The quantitative estimate of drug-likeness (QED) is 0.0936. The Hall–Kier alpha value is -3.53. The van der Waals surface area contributed by atoms with Crippen molar-refractivity contribution in [3.8, 4) is 16.9 Å². The van der Waals surface area contributed by atoms with Gasteiger partial charge in [-0.05, 0) is 98.7 Å². The van der Waals surface area contributed by atoms with Crippen molar-refractivity contribution in [1.82, 2.24) is 20.1 Å². The van der Waals surface area contributed by atoms with Crippen LogP contribution in [0.5, 0.6) is 5.75 Å². The molecule has 2 aliphatic carbocycles. The number of urea groups is 1. The third-order valence-electron chi connectivity index (χ3n) is 11.1. The summed E-state index contributed by atoms with van der Waals surface area (Å²) in [5.41, 5.74) is 4.40. The molecule has 310 valence electrons. The van der Waals surface area contributed by atoms with Crippen molar-refractivity contribution >= 4 is 35.1 Å². The Morgan fingerprint density at radius 3 is 2.33 bits per heavy atom. The van der Waals surface area contributed by atoms with Crippen LogP contribution in [0.25, 0.3) is 11.1 Å². The first kappa shape index (κ1) is 43.1. The Morgan fingerprint density at radius 1 is 0.947 bits per heavy atom. The number of nitrogens with zero attached hydrogens (tertiary/aromatic N) is 3. The van der Waals surface area contributed by atoms with E-state index < -0.39 is 42.7 Å². The molecule has 57 heavy (non-hydrogen) atoms. The molecule has 1 aliphatic heterocycles. The number of rotatable bonds is 19. The Bertz CT molecular complexity index is 1840. The minimum atomic E-state index is -1.77. The number of aliphatic hydroxyl groups is 5. The van der Waals surface area contributed by atoms with Gasteiger partial charge in [0.1, 0.15) is 30.2 Å². The van der Waals surface area contributed by atoms with Crippen molar-refractivity contribution in [1.29, 1.82) is 0 Å². The zero-order valence-electron chi connectivity index (χ0n) is 32.2. The van der Waals surface area contributed by atoms with Gasteiger partial charge in [0.25, 0.3) is 0 Å². The molecule has 3 amide bonds. The van der Waals surface area contributed by atoms with Crippen LogP contribution in [0.1, 0.15) is 74.5 Å². The number of aliphatic hydroxyl groups excluding tert-OH is 5. The predicted octanol–water partition coefficient (Wildman–Crippen LogP) is 4.58. The molecule has 13 nitrogen and oxygen atoms in total. The van der Waals surface area contributed by atoms with Crippen LogP contribution in [0.4, 0.5) is 4.79 Å². The number of carbonyl (C=O) groups excluding carboxylic acids is 2. The maximum atomic E-state index is 13.0. The Kier molecular flexibility index (Phi) is 14.7. The monoisotopic (exact) mass is 828 g/mol. The highest BCUT2D eigenvalue weighted by Gasteiger charge is 2.48. The molecule has 0 radical (unpaired) electrons. The van der Waals surface area contributed by atoms with Gasteiger partial charge >= 0.3 is 6.03 Å². The molecule has 2 aromatic carbocycles. The summed E-state index contributed by atoms with van der Waals surface area (Å²) in [5, 5.41) is 52.6. The molecule has 0 spiro atoms. The first-order valence-electron chi connectivity index (χ1n) is 19.8. The lowest BCUT2D eigenvalue weighted by atomic mass is 9.96. The molecule has 3 aromatic rings. The fourth-order valence-corrected chi connectivity index (χ4v) is 7.77. The van der Waals surface area contributed by atoms with E-state index in [2.05, 4.69) is 16.4 Å². The summed E-state index contributed by atoms with van der Waals surface area (Å²) in [5.74, 6) is 0.933. The van der Waals surface area contributed by atoms with Crippen LogP contribution in [0.2, 0.25) is 10.0 Å². The SMILES string of the molecule is CN(C[C@@H](O)[C@H](O)[C@@H](O)[C@@H](O)CO)C(=O)NC1CCN(C(=O)CCCCc2cc(Cl)c(COC3(c4cnccc4-c4ccccc4OC4CC4)CC3)cc2Cl)CC1. The van der Waals surface area contributed by atoms with E-state index >= 15 is 0 Å². The molecule has 2 heterocycles. The summed E-state index contributed by atoms with van der Waals surface area (Å²) in [7, 11) is 1.43. The first-order valence-corrected chi connectivity index (χ1v) is 20.6. The van der Waals surface area contributed by atoms with Gasteiger partial charge in [0, 0.05) is 66.2 Å². The van der Waals surface area contributed by atoms with E-state index in [1.165, 1.54) is 11.9 Å². The molecular formula is C42H54Cl2N4O9. The molecular weight excluding hydrogens is 775 g/mol. The number of aromatic nitrogens is 1. The van der Waals surface area contributed by atoms with Gasteiger partial charge in [0.05, 0.1) is 31.5 Å². The number of hydrogen-bond donors (Lipinski definition) is 6.